The van der Waals surface area contributed by atoms with Crippen LogP contribution in [0.25, 0.3) is 0 Å². The predicted molar refractivity (Wildman–Crippen MR) is 77.4 cm³/mol. The molecule has 1 aromatic carbocycles. The highest BCUT2D eigenvalue weighted by molar-refractivity contribution is 5.37. The highest BCUT2D eigenvalue weighted by atomic mass is 16.5. The second kappa shape index (κ2) is 6.34. The number of aryl methyl sites for hydroxylation is 1. The van der Waals surface area contributed by atoms with Crippen molar-refractivity contribution >= 4 is 0 Å². The molecule has 0 fully saturated rings. The number of methoxy groups -OCH3 is 1. The van der Waals surface area contributed by atoms with E-state index in [9.17, 15) is 0 Å². The Morgan fingerprint density at radius 1 is 1.16 bits per heavy atom. The quantitative estimate of drug-likeness (QED) is 0.894. The van der Waals surface area contributed by atoms with Gasteiger partial charge in [0.05, 0.1) is 7.11 Å². The highest BCUT2D eigenvalue weighted by Crippen LogP contribution is 2.21. The third-order valence-corrected chi connectivity index (χ3v) is 3.17. The van der Waals surface area contributed by atoms with Gasteiger partial charge in [0.2, 0.25) is 0 Å². The van der Waals surface area contributed by atoms with Crippen LogP contribution >= 0.6 is 0 Å². The van der Waals surface area contributed by atoms with Gasteiger partial charge in [-0.3, -0.25) is 4.98 Å². The van der Waals surface area contributed by atoms with E-state index in [4.69, 9.17) is 10.5 Å². The third kappa shape index (κ3) is 3.80. The Hall–Kier alpha value is -1.87. The van der Waals surface area contributed by atoms with Crippen LogP contribution in [0.4, 0.5) is 0 Å². The highest BCUT2D eigenvalue weighted by Gasteiger charge is 2.10. The van der Waals surface area contributed by atoms with Gasteiger partial charge in [-0.15, -0.1) is 0 Å². The average Bonchev–Trinajstić information content (AvgIpc) is 2.40. The molecule has 2 aromatic rings. The van der Waals surface area contributed by atoms with Crippen LogP contribution in [-0.4, -0.2) is 18.1 Å². The number of pyridine rings is 1. The summed E-state index contributed by atoms with van der Waals surface area (Å²) in [7, 11) is 1.70. The van der Waals surface area contributed by atoms with Crippen molar-refractivity contribution in [2.75, 3.05) is 7.11 Å². The van der Waals surface area contributed by atoms with Gasteiger partial charge >= 0.3 is 0 Å². The van der Waals surface area contributed by atoms with Crippen molar-refractivity contribution in [3.8, 4) is 5.75 Å². The molecule has 0 amide bonds. The van der Waals surface area contributed by atoms with Crippen LogP contribution in [0.2, 0.25) is 0 Å². The molecule has 0 aliphatic carbocycles. The number of rotatable bonds is 5. The smallest absolute Gasteiger partial charge is 0.122 e. The Balaban J connectivity index is 2.06. The first-order chi connectivity index (χ1) is 9.19. The van der Waals surface area contributed by atoms with Gasteiger partial charge in [0.1, 0.15) is 5.75 Å². The zero-order valence-corrected chi connectivity index (χ0v) is 11.5. The second-order valence-electron chi connectivity index (χ2n) is 4.84. The van der Waals surface area contributed by atoms with Crippen LogP contribution in [0.3, 0.4) is 0 Å². The van der Waals surface area contributed by atoms with Gasteiger partial charge in [0, 0.05) is 18.4 Å². The van der Waals surface area contributed by atoms with Crippen molar-refractivity contribution in [1.82, 2.24) is 4.98 Å². The van der Waals surface area contributed by atoms with E-state index < -0.39 is 0 Å². The van der Waals surface area contributed by atoms with E-state index in [1.807, 2.05) is 18.2 Å². The van der Waals surface area contributed by atoms with Crippen molar-refractivity contribution in [3.05, 3.63) is 59.4 Å². The number of nitrogens with zero attached hydrogens (tertiary/aromatic N) is 1. The lowest BCUT2D eigenvalue weighted by molar-refractivity contribution is 0.407. The third-order valence-electron chi connectivity index (χ3n) is 3.17. The minimum Gasteiger partial charge on any atom is -0.496 e. The molecule has 1 heterocycles. The Labute approximate surface area is 114 Å². The Morgan fingerprint density at radius 2 is 1.89 bits per heavy atom. The summed E-state index contributed by atoms with van der Waals surface area (Å²) in [5, 5.41) is 0. The summed E-state index contributed by atoms with van der Waals surface area (Å²) < 4.78 is 5.39. The largest absolute Gasteiger partial charge is 0.496 e. The van der Waals surface area contributed by atoms with Gasteiger partial charge in [-0.25, -0.2) is 0 Å². The number of hydrogen-bond donors (Lipinski definition) is 1. The molecule has 100 valence electrons. The summed E-state index contributed by atoms with van der Waals surface area (Å²) in [5.41, 5.74) is 9.85. The zero-order chi connectivity index (χ0) is 13.7. The van der Waals surface area contributed by atoms with E-state index in [-0.39, 0.29) is 6.04 Å². The van der Waals surface area contributed by atoms with Gasteiger partial charge in [0.15, 0.2) is 0 Å². The maximum absolute atomic E-state index is 6.24. The van der Waals surface area contributed by atoms with Crippen molar-refractivity contribution in [2.45, 2.75) is 25.8 Å². The van der Waals surface area contributed by atoms with Crippen molar-refractivity contribution in [2.24, 2.45) is 5.73 Å². The molecule has 19 heavy (non-hydrogen) atoms. The fraction of sp³-hybridized carbons (Fsp3) is 0.312. The summed E-state index contributed by atoms with van der Waals surface area (Å²) in [5.74, 6) is 0.913. The minimum atomic E-state index is 0.0816. The first kappa shape index (κ1) is 13.6. The topological polar surface area (TPSA) is 48.1 Å². The van der Waals surface area contributed by atoms with Gasteiger partial charge in [0.25, 0.3) is 0 Å². The van der Waals surface area contributed by atoms with Crippen molar-refractivity contribution in [1.29, 1.82) is 0 Å². The molecular weight excluding hydrogens is 236 g/mol. The fourth-order valence-electron chi connectivity index (χ4n) is 2.24. The first-order valence-corrected chi connectivity index (χ1v) is 6.47. The molecule has 0 bridgehead atoms. The normalized spacial score (nSPS) is 12.2. The molecule has 1 aromatic heterocycles. The van der Waals surface area contributed by atoms with Crippen LogP contribution in [0, 0.1) is 6.92 Å². The molecule has 2 rings (SSSR count). The van der Waals surface area contributed by atoms with Crippen molar-refractivity contribution in [3.63, 3.8) is 0 Å². The zero-order valence-electron chi connectivity index (χ0n) is 11.5. The van der Waals surface area contributed by atoms with E-state index in [1.165, 1.54) is 16.7 Å². The second-order valence-corrected chi connectivity index (χ2v) is 4.84. The van der Waals surface area contributed by atoms with Crippen LogP contribution in [0.1, 0.15) is 16.7 Å². The summed E-state index contributed by atoms with van der Waals surface area (Å²) in [6.45, 7) is 2.08. The lowest BCUT2D eigenvalue weighted by Gasteiger charge is -2.15. The monoisotopic (exact) mass is 256 g/mol. The Bertz CT molecular complexity index is 526. The molecule has 0 saturated carbocycles. The lowest BCUT2D eigenvalue weighted by Crippen LogP contribution is -2.25. The van der Waals surface area contributed by atoms with Crippen LogP contribution in [-0.2, 0) is 12.8 Å². The molecule has 0 radical (unpaired) electrons. The molecule has 3 nitrogen and oxygen atoms in total. The van der Waals surface area contributed by atoms with Crippen LogP contribution in [0.5, 0.6) is 5.75 Å². The first-order valence-electron chi connectivity index (χ1n) is 6.47. The molecule has 0 saturated heterocycles. The molecular formula is C16H20N2O. The van der Waals surface area contributed by atoms with E-state index in [0.29, 0.717) is 0 Å². The fourth-order valence-corrected chi connectivity index (χ4v) is 2.24. The number of benzene rings is 1. The predicted octanol–water partition coefficient (Wildman–Crippen LogP) is 2.51. The summed E-state index contributed by atoms with van der Waals surface area (Å²) in [6.07, 6.45) is 5.26. The van der Waals surface area contributed by atoms with E-state index in [1.54, 1.807) is 19.5 Å². The molecule has 0 spiro atoms. The van der Waals surface area contributed by atoms with Gasteiger partial charge in [-0.1, -0.05) is 17.7 Å². The van der Waals surface area contributed by atoms with Crippen molar-refractivity contribution < 1.29 is 4.74 Å². The number of hydrogen-bond acceptors (Lipinski definition) is 3. The Kier molecular flexibility index (Phi) is 4.53. The maximum atomic E-state index is 6.24. The minimum absolute atomic E-state index is 0.0816. The average molecular weight is 256 g/mol. The summed E-state index contributed by atoms with van der Waals surface area (Å²) in [4.78, 5) is 4.01. The van der Waals surface area contributed by atoms with Gasteiger partial charge < -0.3 is 10.5 Å². The standard InChI is InChI=1S/C16H20N2O/c1-12-3-4-16(19-2)14(9-12)11-15(17)10-13-5-7-18-8-6-13/h3-9,15H,10-11,17H2,1-2H3. The van der Waals surface area contributed by atoms with Crippen LogP contribution < -0.4 is 10.5 Å². The number of nitrogens with two attached hydrogens (primary N) is 1. The molecule has 2 N–H and O–H groups in total. The molecule has 0 aliphatic heterocycles. The summed E-state index contributed by atoms with van der Waals surface area (Å²) in [6, 6.07) is 10.3. The Morgan fingerprint density at radius 3 is 2.58 bits per heavy atom. The number of ether oxygens (including phenoxy) is 1. The molecule has 1 unspecified atom stereocenters. The SMILES string of the molecule is COc1ccc(C)cc1CC(N)Cc1ccncc1. The lowest BCUT2D eigenvalue weighted by atomic mass is 9.98. The number of aromatic nitrogens is 1. The van der Waals surface area contributed by atoms with E-state index >= 15 is 0 Å². The van der Waals surface area contributed by atoms with E-state index in [0.717, 1.165) is 18.6 Å². The van der Waals surface area contributed by atoms with Crippen LogP contribution in [0.15, 0.2) is 42.7 Å². The van der Waals surface area contributed by atoms with E-state index in [2.05, 4.69) is 24.0 Å². The van der Waals surface area contributed by atoms with Gasteiger partial charge in [-0.05, 0) is 49.1 Å². The summed E-state index contributed by atoms with van der Waals surface area (Å²) >= 11 is 0. The maximum Gasteiger partial charge on any atom is 0.122 e. The van der Waals surface area contributed by atoms with Gasteiger partial charge in [-0.2, -0.15) is 0 Å². The molecule has 1 atom stereocenters. The molecule has 0 aliphatic rings. The molecule has 3 heteroatoms.